The molecule has 39 heavy (non-hydrogen) atoms. The number of hydrogen-bond donors (Lipinski definition) is 2. The second-order valence-electron chi connectivity index (χ2n) is 8.76. The Morgan fingerprint density at radius 1 is 1.26 bits per heavy atom. The van der Waals surface area contributed by atoms with Gasteiger partial charge < -0.3 is 15.8 Å². The zero-order valence-corrected chi connectivity index (χ0v) is 24.0. The summed E-state index contributed by atoms with van der Waals surface area (Å²) in [4.78, 5) is 27.5. The SMILES string of the molecule is COc1ccccc1NC(=O)CSc1nnc(N2C(N)=C(C#N)C(c3ccc(Br)cc3)C3=C2CCCC3=O)s1. The maximum atomic E-state index is 13.2. The van der Waals surface area contributed by atoms with Gasteiger partial charge in [0.15, 0.2) is 10.1 Å². The monoisotopic (exact) mass is 622 g/mol. The minimum atomic E-state index is -0.539. The summed E-state index contributed by atoms with van der Waals surface area (Å²) in [5.74, 6) is 0.164. The number of carbonyl (C=O) groups excluding carboxylic acids is 2. The summed E-state index contributed by atoms with van der Waals surface area (Å²) in [6.45, 7) is 0. The van der Waals surface area contributed by atoms with Crippen molar-refractivity contribution in [1.82, 2.24) is 10.2 Å². The zero-order chi connectivity index (χ0) is 27.5. The van der Waals surface area contributed by atoms with E-state index in [9.17, 15) is 14.9 Å². The minimum absolute atomic E-state index is 0.00143. The molecule has 1 unspecified atom stereocenters. The van der Waals surface area contributed by atoms with Crippen molar-refractivity contribution in [2.24, 2.45) is 5.73 Å². The topological polar surface area (TPSA) is 134 Å². The molecule has 3 N–H and O–H groups in total. The molecule has 0 spiro atoms. The highest BCUT2D eigenvalue weighted by Gasteiger charge is 2.41. The first kappa shape index (κ1) is 26.9. The van der Waals surface area contributed by atoms with Crippen molar-refractivity contribution in [3.63, 3.8) is 0 Å². The number of halogens is 1. The van der Waals surface area contributed by atoms with Crippen LogP contribution in [-0.4, -0.2) is 34.8 Å². The quantitative estimate of drug-likeness (QED) is 0.334. The van der Waals surface area contributed by atoms with Gasteiger partial charge in [0, 0.05) is 22.2 Å². The number of Topliss-reactive ketones (excluding diaryl/α,β-unsaturated/α-hetero) is 1. The van der Waals surface area contributed by atoms with E-state index in [2.05, 4.69) is 37.5 Å². The highest BCUT2D eigenvalue weighted by atomic mass is 79.9. The number of nitriles is 1. The van der Waals surface area contributed by atoms with Crippen molar-refractivity contribution in [2.45, 2.75) is 29.5 Å². The summed E-state index contributed by atoms with van der Waals surface area (Å²) >= 11 is 5.94. The smallest absolute Gasteiger partial charge is 0.234 e. The van der Waals surface area contributed by atoms with Crippen LogP contribution >= 0.6 is 39.0 Å². The molecule has 2 aliphatic rings. The van der Waals surface area contributed by atoms with Crippen molar-refractivity contribution < 1.29 is 14.3 Å². The maximum Gasteiger partial charge on any atom is 0.234 e. The zero-order valence-electron chi connectivity index (χ0n) is 20.8. The fraction of sp³-hybridized carbons (Fsp3) is 0.222. The number of anilines is 2. The second-order valence-corrected chi connectivity index (χ2v) is 11.8. The number of hydrogen-bond acceptors (Lipinski definition) is 10. The molecule has 1 atom stereocenters. The largest absolute Gasteiger partial charge is 0.495 e. The molecule has 3 aromatic rings. The number of nitrogens with two attached hydrogens (primary N) is 1. The van der Waals surface area contributed by atoms with Crippen LogP contribution in [-0.2, 0) is 9.59 Å². The fourth-order valence-electron chi connectivity index (χ4n) is 4.71. The summed E-state index contributed by atoms with van der Waals surface area (Å²) in [6.07, 6.45) is 1.72. The number of benzene rings is 2. The Hall–Kier alpha value is -3.66. The van der Waals surface area contributed by atoms with Crippen LogP contribution < -0.4 is 20.7 Å². The van der Waals surface area contributed by atoms with Gasteiger partial charge in [0.1, 0.15) is 11.6 Å². The number of ether oxygens (including phenoxy) is 1. The molecule has 0 saturated heterocycles. The summed E-state index contributed by atoms with van der Waals surface area (Å²) < 4.78 is 6.75. The number of amides is 1. The molecular formula is C27H23BrN6O3S2. The highest BCUT2D eigenvalue weighted by molar-refractivity contribution is 9.10. The number of carbonyl (C=O) groups is 2. The number of methoxy groups -OCH3 is 1. The van der Waals surface area contributed by atoms with Crippen LogP contribution in [0, 0.1) is 11.3 Å². The Labute approximate surface area is 241 Å². The van der Waals surface area contributed by atoms with Gasteiger partial charge in [-0.1, -0.05) is 63.3 Å². The van der Waals surface area contributed by atoms with E-state index < -0.39 is 5.92 Å². The van der Waals surface area contributed by atoms with E-state index in [0.717, 1.165) is 15.7 Å². The Morgan fingerprint density at radius 3 is 2.77 bits per heavy atom. The molecule has 1 aliphatic carbocycles. The van der Waals surface area contributed by atoms with E-state index in [-0.39, 0.29) is 23.3 Å². The number of allylic oxidation sites excluding steroid dienone is 3. The van der Waals surface area contributed by atoms with Crippen LogP contribution in [0.3, 0.4) is 0 Å². The summed E-state index contributed by atoms with van der Waals surface area (Å²) in [6, 6.07) is 17.0. The normalized spacial score (nSPS) is 17.1. The average Bonchev–Trinajstić information content (AvgIpc) is 3.40. The molecular weight excluding hydrogens is 600 g/mol. The van der Waals surface area contributed by atoms with Gasteiger partial charge in [0.05, 0.1) is 36.1 Å². The average molecular weight is 624 g/mol. The first-order valence-electron chi connectivity index (χ1n) is 12.0. The van der Waals surface area contributed by atoms with E-state index in [4.69, 9.17) is 10.5 Å². The molecule has 1 aromatic heterocycles. The van der Waals surface area contributed by atoms with Crippen LogP contribution in [0.5, 0.6) is 5.75 Å². The number of para-hydroxylation sites is 2. The molecule has 0 fully saturated rings. The molecule has 1 amide bonds. The van der Waals surface area contributed by atoms with Gasteiger partial charge in [0.2, 0.25) is 11.0 Å². The van der Waals surface area contributed by atoms with Crippen molar-refractivity contribution in [1.29, 1.82) is 5.26 Å². The number of nitrogens with zero attached hydrogens (tertiary/aromatic N) is 4. The van der Waals surface area contributed by atoms with Gasteiger partial charge in [-0.25, -0.2) is 0 Å². The lowest BCUT2D eigenvalue weighted by molar-refractivity contribution is -0.116. The number of rotatable bonds is 7. The van der Waals surface area contributed by atoms with Crippen LogP contribution in [0.4, 0.5) is 10.8 Å². The molecule has 1 aliphatic heterocycles. The summed E-state index contributed by atoms with van der Waals surface area (Å²) in [5, 5.41) is 22.0. The van der Waals surface area contributed by atoms with Gasteiger partial charge in [0.25, 0.3) is 0 Å². The van der Waals surface area contributed by atoms with Gasteiger partial charge in [-0.15, -0.1) is 10.2 Å². The van der Waals surface area contributed by atoms with Gasteiger partial charge in [-0.3, -0.25) is 14.5 Å². The molecule has 198 valence electrons. The van der Waals surface area contributed by atoms with Crippen molar-refractivity contribution >= 4 is 61.5 Å². The molecule has 0 bridgehead atoms. The maximum absolute atomic E-state index is 13.2. The molecule has 12 heteroatoms. The first-order chi connectivity index (χ1) is 18.9. The Bertz CT molecular complexity index is 1540. The number of thioether (sulfide) groups is 1. The molecule has 0 radical (unpaired) electrons. The lowest BCUT2D eigenvalue weighted by atomic mass is 9.76. The van der Waals surface area contributed by atoms with Crippen LogP contribution in [0.2, 0.25) is 0 Å². The van der Waals surface area contributed by atoms with Crippen LogP contribution in [0.1, 0.15) is 30.7 Å². The van der Waals surface area contributed by atoms with Gasteiger partial charge in [-0.2, -0.15) is 5.26 Å². The van der Waals surface area contributed by atoms with Crippen molar-refractivity contribution in [3.8, 4) is 11.8 Å². The third-order valence-electron chi connectivity index (χ3n) is 6.41. The summed E-state index contributed by atoms with van der Waals surface area (Å²) in [5.41, 5.74) is 9.64. The van der Waals surface area contributed by atoms with E-state index in [0.29, 0.717) is 51.3 Å². The van der Waals surface area contributed by atoms with Crippen LogP contribution in [0.15, 0.2) is 80.0 Å². The Balaban J connectivity index is 1.41. The minimum Gasteiger partial charge on any atom is -0.495 e. The lowest BCUT2D eigenvalue weighted by Gasteiger charge is -2.38. The van der Waals surface area contributed by atoms with Crippen molar-refractivity contribution in [2.75, 3.05) is 23.1 Å². The van der Waals surface area contributed by atoms with Crippen LogP contribution in [0.25, 0.3) is 0 Å². The Kier molecular flexibility index (Phi) is 8.02. The number of aromatic nitrogens is 2. The predicted molar refractivity (Wildman–Crippen MR) is 154 cm³/mol. The number of ketones is 1. The lowest BCUT2D eigenvalue weighted by Crippen LogP contribution is -2.38. The van der Waals surface area contributed by atoms with E-state index >= 15 is 0 Å². The second kappa shape index (κ2) is 11.6. The summed E-state index contributed by atoms with van der Waals surface area (Å²) in [7, 11) is 1.54. The first-order valence-corrected chi connectivity index (χ1v) is 14.6. The molecule has 0 saturated carbocycles. The predicted octanol–water partition coefficient (Wildman–Crippen LogP) is 5.34. The van der Waals surface area contributed by atoms with E-state index in [1.807, 2.05) is 36.4 Å². The highest BCUT2D eigenvalue weighted by Crippen LogP contribution is 2.47. The molecule has 2 aromatic carbocycles. The van der Waals surface area contributed by atoms with E-state index in [1.165, 1.54) is 23.1 Å². The third kappa shape index (κ3) is 5.43. The molecule has 9 nitrogen and oxygen atoms in total. The fourth-order valence-corrected chi connectivity index (χ4v) is 6.65. The third-order valence-corrected chi connectivity index (χ3v) is 8.98. The molecule has 2 heterocycles. The standard InChI is InChI=1S/C27H23BrN6O3S2/c1-37-21-8-3-2-5-18(21)31-22(36)14-38-27-33-32-26(39-27)34-19-6-4-7-20(35)24(19)23(17(13-29)25(34)30)15-9-11-16(28)12-10-15/h2-3,5,8-12,23H,4,6-7,14,30H2,1H3,(H,31,36). The molecule has 5 rings (SSSR count). The Morgan fingerprint density at radius 2 is 2.03 bits per heavy atom. The van der Waals surface area contributed by atoms with Crippen molar-refractivity contribution in [3.05, 3.63) is 81.2 Å². The van der Waals surface area contributed by atoms with E-state index in [1.54, 1.807) is 24.1 Å². The van der Waals surface area contributed by atoms with Gasteiger partial charge in [-0.05, 0) is 42.7 Å². The van der Waals surface area contributed by atoms with Gasteiger partial charge >= 0.3 is 0 Å². The number of nitrogens with one attached hydrogen (secondary N) is 1.